The van der Waals surface area contributed by atoms with Gasteiger partial charge in [-0.15, -0.1) is 0 Å². The molecule has 0 amide bonds. The molecule has 0 heterocycles. The topological polar surface area (TPSA) is 89.5 Å². The lowest BCUT2D eigenvalue weighted by Crippen LogP contribution is -2.26. The van der Waals surface area contributed by atoms with Crippen LogP contribution in [0.3, 0.4) is 0 Å². The van der Waals surface area contributed by atoms with Crippen LogP contribution in [0.4, 0.5) is 0 Å². The summed E-state index contributed by atoms with van der Waals surface area (Å²) in [6.45, 7) is 11.9. The van der Waals surface area contributed by atoms with Crippen molar-refractivity contribution in [1.29, 1.82) is 0 Å². The summed E-state index contributed by atoms with van der Waals surface area (Å²) in [5.41, 5.74) is 0. The van der Waals surface area contributed by atoms with Crippen molar-refractivity contribution in [3.05, 3.63) is 0 Å². The van der Waals surface area contributed by atoms with Crippen LogP contribution in [-0.4, -0.2) is 57.6 Å². The summed E-state index contributed by atoms with van der Waals surface area (Å²) < 4.78 is 59.7. The van der Waals surface area contributed by atoms with Gasteiger partial charge in [-0.2, -0.15) is 0 Å². The summed E-state index contributed by atoms with van der Waals surface area (Å²) in [5, 5.41) is 0. The highest BCUT2D eigenvalue weighted by atomic mass is 31.2. The highest BCUT2D eigenvalue weighted by molar-refractivity contribution is 7.76. The van der Waals surface area contributed by atoms with E-state index in [0.717, 1.165) is 0 Å². The van der Waals surface area contributed by atoms with E-state index in [2.05, 4.69) is 0 Å². The maximum atomic E-state index is 13.5. The van der Waals surface area contributed by atoms with E-state index in [0.29, 0.717) is 0 Å². The third-order valence-corrected chi connectivity index (χ3v) is 9.39. The molecule has 0 aliphatic heterocycles. The van der Waals surface area contributed by atoms with Gasteiger partial charge in [0.2, 0.25) is 12.1 Å². The summed E-state index contributed by atoms with van der Waals surface area (Å²) in [7, 11) is -7.22. The number of rotatable bonds is 16. The van der Waals surface area contributed by atoms with Crippen molar-refractivity contribution in [2.24, 2.45) is 0 Å². The van der Waals surface area contributed by atoms with E-state index < -0.39 is 26.8 Å². The SMILES string of the molecule is CCOC(OCC)P(=O)(CP(=O)(OCC)C(OCC)OCC)OCC. The van der Waals surface area contributed by atoms with Gasteiger partial charge in [-0.3, -0.25) is 9.13 Å². The second-order valence-electron chi connectivity index (χ2n) is 4.86. The highest BCUT2D eigenvalue weighted by Gasteiger charge is 2.48. The fourth-order valence-electron chi connectivity index (χ4n) is 2.17. The predicted molar refractivity (Wildman–Crippen MR) is 97.4 cm³/mol. The number of hydrogen-bond donors (Lipinski definition) is 0. The number of ether oxygens (including phenoxy) is 4. The molecule has 152 valence electrons. The van der Waals surface area contributed by atoms with E-state index in [4.69, 9.17) is 28.0 Å². The molecular formula is C15H34O8P2. The van der Waals surface area contributed by atoms with Crippen molar-refractivity contribution in [3.63, 3.8) is 0 Å². The second-order valence-corrected chi connectivity index (χ2v) is 10.3. The summed E-state index contributed by atoms with van der Waals surface area (Å²) in [5.74, 6) is -0.378. The maximum absolute atomic E-state index is 13.5. The average Bonchev–Trinajstić information content (AvgIpc) is 2.54. The molecule has 0 aliphatic rings. The number of hydrogen-bond acceptors (Lipinski definition) is 8. The highest BCUT2D eigenvalue weighted by Crippen LogP contribution is 2.67. The van der Waals surface area contributed by atoms with Crippen LogP contribution in [-0.2, 0) is 37.1 Å². The molecule has 2 atom stereocenters. The lowest BCUT2D eigenvalue weighted by molar-refractivity contribution is -0.0914. The van der Waals surface area contributed by atoms with Crippen molar-refractivity contribution in [3.8, 4) is 0 Å². The summed E-state index contributed by atoms with van der Waals surface area (Å²) in [6, 6.07) is -2.22. The largest absolute Gasteiger partial charge is 0.345 e. The molecule has 0 fully saturated rings. The van der Waals surface area contributed by atoms with Gasteiger partial charge in [0.15, 0.2) is 0 Å². The molecule has 0 aromatic rings. The Labute approximate surface area is 151 Å². The van der Waals surface area contributed by atoms with Gasteiger partial charge in [-0.25, -0.2) is 0 Å². The average molecular weight is 404 g/mol. The van der Waals surface area contributed by atoms with Crippen LogP contribution in [0.1, 0.15) is 41.5 Å². The third kappa shape index (κ3) is 8.19. The first kappa shape index (κ1) is 25.2. The molecule has 0 aliphatic carbocycles. The van der Waals surface area contributed by atoms with Gasteiger partial charge >= 0.3 is 0 Å². The van der Waals surface area contributed by atoms with Crippen LogP contribution in [0.15, 0.2) is 0 Å². The van der Waals surface area contributed by atoms with E-state index in [1.165, 1.54) is 0 Å². The minimum Gasteiger partial charge on any atom is -0.345 e. The molecule has 0 radical (unpaired) electrons. The minimum atomic E-state index is -3.61. The van der Waals surface area contributed by atoms with Gasteiger partial charge in [0.1, 0.15) is 5.90 Å². The first-order chi connectivity index (χ1) is 11.9. The molecule has 10 heteroatoms. The summed E-state index contributed by atoms with van der Waals surface area (Å²) >= 11 is 0. The molecular weight excluding hydrogens is 370 g/mol. The zero-order valence-electron chi connectivity index (χ0n) is 16.3. The fraction of sp³-hybridized carbons (Fsp3) is 1.00. The van der Waals surface area contributed by atoms with Crippen molar-refractivity contribution < 1.29 is 37.1 Å². The van der Waals surface area contributed by atoms with E-state index in [9.17, 15) is 9.13 Å². The van der Waals surface area contributed by atoms with E-state index in [-0.39, 0.29) is 45.5 Å². The standard InChI is InChI=1S/C15H34O8P2/c1-7-18-14(19-8-2)24(16,22-11-5)13-25(17,23-12-6)15(20-9-3)21-10-4/h14-15H,7-13H2,1-6H3. The molecule has 8 nitrogen and oxygen atoms in total. The zero-order chi connectivity index (χ0) is 19.3. The van der Waals surface area contributed by atoms with Gasteiger partial charge < -0.3 is 28.0 Å². The van der Waals surface area contributed by atoms with Crippen molar-refractivity contribution in [1.82, 2.24) is 0 Å². The van der Waals surface area contributed by atoms with Gasteiger partial charge in [0, 0.05) is 26.4 Å². The van der Waals surface area contributed by atoms with Crippen LogP contribution < -0.4 is 0 Å². The Morgan fingerprint density at radius 1 is 0.560 bits per heavy atom. The first-order valence-electron chi connectivity index (χ1n) is 8.80. The molecule has 0 spiro atoms. The Kier molecular flexibility index (Phi) is 13.5. The molecule has 0 aromatic heterocycles. The van der Waals surface area contributed by atoms with Crippen LogP contribution >= 0.6 is 14.7 Å². The van der Waals surface area contributed by atoms with Gasteiger partial charge in [-0.1, -0.05) is 0 Å². The molecule has 0 saturated carbocycles. The van der Waals surface area contributed by atoms with Crippen molar-refractivity contribution >= 4 is 14.7 Å². The van der Waals surface area contributed by atoms with E-state index >= 15 is 0 Å². The minimum absolute atomic E-state index is 0.161. The Balaban J connectivity index is 5.74. The van der Waals surface area contributed by atoms with E-state index in [1.807, 2.05) is 0 Å². The van der Waals surface area contributed by atoms with Crippen molar-refractivity contribution in [2.75, 3.05) is 45.5 Å². The zero-order valence-corrected chi connectivity index (χ0v) is 18.1. The van der Waals surface area contributed by atoms with Crippen LogP contribution in [0.25, 0.3) is 0 Å². The summed E-state index contributed by atoms with van der Waals surface area (Å²) in [6.07, 6.45) is 0. The fourth-order valence-corrected chi connectivity index (χ4v) is 8.71. The Morgan fingerprint density at radius 2 is 0.840 bits per heavy atom. The molecule has 0 saturated heterocycles. The third-order valence-electron chi connectivity index (χ3n) is 2.97. The predicted octanol–water partition coefficient (Wildman–Crippen LogP) is 4.29. The van der Waals surface area contributed by atoms with E-state index in [1.54, 1.807) is 41.5 Å². The lowest BCUT2D eigenvalue weighted by Gasteiger charge is -2.32. The molecule has 2 unspecified atom stereocenters. The van der Waals surface area contributed by atoms with Crippen molar-refractivity contribution in [2.45, 2.75) is 53.6 Å². The second kappa shape index (κ2) is 13.4. The van der Waals surface area contributed by atoms with Crippen LogP contribution in [0, 0.1) is 0 Å². The normalized spacial score (nSPS) is 17.0. The van der Waals surface area contributed by atoms with Crippen LogP contribution in [0.2, 0.25) is 0 Å². The lowest BCUT2D eigenvalue weighted by atomic mass is 10.9. The monoisotopic (exact) mass is 404 g/mol. The Bertz CT molecular complexity index is 382. The maximum Gasteiger partial charge on any atom is 0.267 e. The smallest absolute Gasteiger partial charge is 0.267 e. The molecule has 25 heavy (non-hydrogen) atoms. The molecule has 0 N–H and O–H groups in total. The first-order valence-corrected chi connectivity index (χ1v) is 12.6. The van der Waals surface area contributed by atoms with Gasteiger partial charge in [0.25, 0.3) is 14.7 Å². The Morgan fingerprint density at radius 3 is 1.04 bits per heavy atom. The molecule has 0 bridgehead atoms. The molecule has 0 aromatic carbocycles. The van der Waals surface area contributed by atoms with Gasteiger partial charge in [0.05, 0.1) is 13.2 Å². The Hall–Kier alpha value is 0.220. The summed E-state index contributed by atoms with van der Waals surface area (Å²) in [4.78, 5) is 0. The van der Waals surface area contributed by atoms with Crippen LogP contribution in [0.5, 0.6) is 0 Å². The quantitative estimate of drug-likeness (QED) is 0.278. The molecule has 0 rings (SSSR count). The van der Waals surface area contributed by atoms with Gasteiger partial charge in [-0.05, 0) is 41.5 Å².